The Labute approximate surface area is 181 Å². The molecule has 1 heterocycles. The molecule has 0 bridgehead atoms. The lowest BCUT2D eigenvalue weighted by atomic mass is 10.1. The molecule has 0 saturated carbocycles. The second-order valence-electron chi connectivity index (χ2n) is 6.93. The van der Waals surface area contributed by atoms with Crippen LogP contribution in [0.1, 0.15) is 22.7 Å². The summed E-state index contributed by atoms with van der Waals surface area (Å²) >= 11 is 0. The van der Waals surface area contributed by atoms with Gasteiger partial charge in [-0.3, -0.25) is 4.79 Å². The Bertz CT molecular complexity index is 999. The highest BCUT2D eigenvalue weighted by Gasteiger charge is 2.20. The molecule has 7 nitrogen and oxygen atoms in total. The predicted molar refractivity (Wildman–Crippen MR) is 120 cm³/mol. The van der Waals surface area contributed by atoms with E-state index in [9.17, 15) is 4.79 Å². The minimum atomic E-state index is -0.534. The highest BCUT2D eigenvalue weighted by molar-refractivity contribution is 5.94. The van der Waals surface area contributed by atoms with Crippen LogP contribution in [0.15, 0.2) is 72.9 Å². The fraction of sp³-hybridized carbons (Fsp3) is 0.208. The Morgan fingerprint density at radius 2 is 1.81 bits per heavy atom. The van der Waals surface area contributed by atoms with Crippen LogP contribution in [0.2, 0.25) is 0 Å². The van der Waals surface area contributed by atoms with E-state index in [1.54, 1.807) is 30.5 Å². The summed E-state index contributed by atoms with van der Waals surface area (Å²) in [7, 11) is 0. The molecule has 1 atom stereocenters. The molecule has 3 aromatic rings. The maximum Gasteiger partial charge on any atom is 0.247 e. The molecule has 7 heteroatoms. The van der Waals surface area contributed by atoms with Crippen LogP contribution in [0.25, 0.3) is 0 Å². The number of benzene rings is 2. The first-order valence-electron chi connectivity index (χ1n) is 10.1. The maximum absolute atomic E-state index is 13.0. The SMILES string of the molecule is N#Cc1ccc(CCNC(C(=O)Nc2ccc(NCCO)cn2)c2ccccc2)cc1. The minimum absolute atomic E-state index is 0.0331. The van der Waals surface area contributed by atoms with Crippen molar-refractivity contribution in [2.45, 2.75) is 12.5 Å². The summed E-state index contributed by atoms with van der Waals surface area (Å²) in [4.78, 5) is 17.3. The quantitative estimate of drug-likeness (QED) is 0.405. The van der Waals surface area contributed by atoms with E-state index in [1.807, 2.05) is 42.5 Å². The number of rotatable bonds is 10. The van der Waals surface area contributed by atoms with Crippen molar-refractivity contribution in [3.8, 4) is 6.07 Å². The minimum Gasteiger partial charge on any atom is -0.395 e. The molecular formula is C24H25N5O2. The zero-order valence-corrected chi connectivity index (χ0v) is 17.1. The van der Waals surface area contributed by atoms with Crippen LogP contribution in [0, 0.1) is 11.3 Å². The summed E-state index contributed by atoms with van der Waals surface area (Å²) < 4.78 is 0. The molecule has 0 saturated heterocycles. The molecule has 0 aliphatic carbocycles. The molecule has 158 valence electrons. The number of aliphatic hydroxyl groups excluding tert-OH is 1. The van der Waals surface area contributed by atoms with Crippen LogP contribution < -0.4 is 16.0 Å². The molecule has 1 aromatic heterocycles. The van der Waals surface area contributed by atoms with Gasteiger partial charge in [0.15, 0.2) is 0 Å². The summed E-state index contributed by atoms with van der Waals surface area (Å²) in [5, 5.41) is 27.0. The molecule has 3 rings (SSSR count). The van der Waals surface area contributed by atoms with E-state index in [1.165, 1.54) is 0 Å². The molecule has 0 aliphatic rings. The van der Waals surface area contributed by atoms with Crippen molar-refractivity contribution in [1.29, 1.82) is 5.26 Å². The number of hydrogen-bond donors (Lipinski definition) is 4. The Morgan fingerprint density at radius 1 is 1.03 bits per heavy atom. The van der Waals surface area contributed by atoms with Crippen molar-refractivity contribution in [3.05, 3.63) is 89.6 Å². The number of hydrogen-bond acceptors (Lipinski definition) is 6. The van der Waals surface area contributed by atoms with Gasteiger partial charge in [0.2, 0.25) is 5.91 Å². The Balaban J connectivity index is 1.64. The Kier molecular flexibility index (Phi) is 8.12. The highest BCUT2D eigenvalue weighted by Crippen LogP contribution is 2.16. The molecule has 31 heavy (non-hydrogen) atoms. The first kappa shape index (κ1) is 22.0. The number of aromatic nitrogens is 1. The van der Waals surface area contributed by atoms with Gasteiger partial charge in [-0.1, -0.05) is 42.5 Å². The van der Waals surface area contributed by atoms with E-state index in [0.717, 1.165) is 23.2 Å². The van der Waals surface area contributed by atoms with Crippen molar-refractivity contribution in [3.63, 3.8) is 0 Å². The van der Waals surface area contributed by atoms with Crippen molar-refractivity contribution in [2.24, 2.45) is 0 Å². The van der Waals surface area contributed by atoms with Crippen molar-refractivity contribution in [1.82, 2.24) is 10.3 Å². The molecule has 2 aromatic carbocycles. The molecule has 0 radical (unpaired) electrons. The number of aliphatic hydroxyl groups is 1. The highest BCUT2D eigenvalue weighted by atomic mass is 16.3. The second-order valence-corrected chi connectivity index (χ2v) is 6.93. The third-order valence-electron chi connectivity index (χ3n) is 4.70. The van der Waals surface area contributed by atoms with Gasteiger partial charge in [-0.2, -0.15) is 5.26 Å². The normalized spacial score (nSPS) is 11.4. The standard InChI is InChI=1S/C24H25N5O2/c25-16-19-8-6-18(7-9-19)12-13-27-23(20-4-2-1-3-5-20)24(31)29-22-11-10-21(17-28-22)26-14-15-30/h1-11,17,23,26-27,30H,12-15H2,(H,28,29,31). The van der Waals surface area contributed by atoms with E-state index < -0.39 is 6.04 Å². The van der Waals surface area contributed by atoms with Gasteiger partial charge in [0.1, 0.15) is 11.9 Å². The first-order chi connectivity index (χ1) is 15.2. The molecule has 1 unspecified atom stereocenters. The number of pyridine rings is 1. The largest absolute Gasteiger partial charge is 0.395 e. The van der Waals surface area contributed by atoms with Crippen LogP contribution in [-0.2, 0) is 11.2 Å². The van der Waals surface area contributed by atoms with E-state index in [2.05, 4.69) is 27.0 Å². The third-order valence-corrected chi connectivity index (χ3v) is 4.70. The number of carbonyl (C=O) groups is 1. The fourth-order valence-corrected chi connectivity index (χ4v) is 3.09. The lowest BCUT2D eigenvalue weighted by molar-refractivity contribution is -0.118. The smallest absolute Gasteiger partial charge is 0.247 e. The van der Waals surface area contributed by atoms with Gasteiger partial charge in [-0.15, -0.1) is 0 Å². The summed E-state index contributed by atoms with van der Waals surface area (Å²) in [6.07, 6.45) is 2.34. The monoisotopic (exact) mass is 415 g/mol. The van der Waals surface area contributed by atoms with Crippen molar-refractivity contribution in [2.75, 3.05) is 30.3 Å². The van der Waals surface area contributed by atoms with Crippen molar-refractivity contribution >= 4 is 17.4 Å². The average molecular weight is 415 g/mol. The molecule has 0 fully saturated rings. The fourth-order valence-electron chi connectivity index (χ4n) is 3.09. The van der Waals surface area contributed by atoms with Crippen LogP contribution in [0.4, 0.5) is 11.5 Å². The second kappa shape index (κ2) is 11.5. The number of nitriles is 1. The number of anilines is 2. The summed E-state index contributed by atoms with van der Waals surface area (Å²) in [5.41, 5.74) is 3.35. The van der Waals surface area contributed by atoms with Gasteiger partial charge in [0, 0.05) is 13.1 Å². The molecule has 0 spiro atoms. The van der Waals surface area contributed by atoms with Crippen LogP contribution >= 0.6 is 0 Å². The van der Waals surface area contributed by atoms with Crippen LogP contribution in [0.5, 0.6) is 0 Å². The van der Waals surface area contributed by atoms with E-state index >= 15 is 0 Å². The lowest BCUT2D eigenvalue weighted by Gasteiger charge is -2.19. The molecular weight excluding hydrogens is 390 g/mol. The number of carbonyl (C=O) groups excluding carboxylic acids is 1. The molecule has 4 N–H and O–H groups in total. The van der Waals surface area contributed by atoms with E-state index in [4.69, 9.17) is 10.4 Å². The van der Waals surface area contributed by atoms with Gasteiger partial charge in [0.05, 0.1) is 30.1 Å². The van der Waals surface area contributed by atoms with Gasteiger partial charge in [-0.05, 0) is 41.8 Å². The lowest BCUT2D eigenvalue weighted by Crippen LogP contribution is -2.34. The first-order valence-corrected chi connectivity index (χ1v) is 10.1. The summed E-state index contributed by atoms with van der Waals surface area (Å²) in [6.45, 7) is 1.06. The van der Waals surface area contributed by atoms with E-state index in [0.29, 0.717) is 24.5 Å². The number of amides is 1. The molecule has 1 amide bonds. The van der Waals surface area contributed by atoms with Crippen LogP contribution in [0.3, 0.4) is 0 Å². The van der Waals surface area contributed by atoms with Gasteiger partial charge in [-0.25, -0.2) is 4.98 Å². The Morgan fingerprint density at radius 3 is 2.45 bits per heavy atom. The zero-order chi connectivity index (χ0) is 21.9. The maximum atomic E-state index is 13.0. The van der Waals surface area contributed by atoms with Gasteiger partial charge >= 0.3 is 0 Å². The number of nitrogens with one attached hydrogen (secondary N) is 3. The zero-order valence-electron chi connectivity index (χ0n) is 17.1. The third kappa shape index (κ3) is 6.64. The van der Waals surface area contributed by atoms with E-state index in [-0.39, 0.29) is 12.5 Å². The van der Waals surface area contributed by atoms with Crippen molar-refractivity contribution < 1.29 is 9.90 Å². The number of nitrogens with zero attached hydrogens (tertiary/aromatic N) is 2. The molecule has 0 aliphatic heterocycles. The van der Waals surface area contributed by atoms with Gasteiger partial charge < -0.3 is 21.1 Å². The summed E-state index contributed by atoms with van der Waals surface area (Å²) in [6, 6.07) is 22.1. The van der Waals surface area contributed by atoms with Crippen LogP contribution in [-0.4, -0.2) is 35.7 Å². The van der Waals surface area contributed by atoms with Gasteiger partial charge in [0.25, 0.3) is 0 Å². The summed E-state index contributed by atoms with van der Waals surface area (Å²) in [5.74, 6) is 0.254. The Hall–Kier alpha value is -3.73. The topological polar surface area (TPSA) is 110 Å². The predicted octanol–water partition coefficient (Wildman–Crippen LogP) is 2.87. The average Bonchev–Trinajstić information content (AvgIpc) is 2.82.